The fourth-order valence-corrected chi connectivity index (χ4v) is 1.83. The number of nitrogens with zero attached hydrogens (tertiary/aromatic N) is 1. The maximum absolute atomic E-state index is 11.8. The number of esters is 1. The Labute approximate surface area is 102 Å². The Morgan fingerprint density at radius 3 is 2.47 bits per heavy atom. The van der Waals surface area contributed by atoms with E-state index in [1.165, 1.54) is 7.11 Å². The number of piperidine rings is 1. The molecule has 1 heterocycles. The predicted octanol–water partition coefficient (Wildman–Crippen LogP) is 1.81. The number of hydrogen-bond donors (Lipinski definition) is 0. The molecule has 1 aliphatic rings. The first-order valence-corrected chi connectivity index (χ1v) is 5.89. The minimum atomic E-state index is -0.505. The van der Waals surface area contributed by atoms with Crippen molar-refractivity contribution in [3.8, 4) is 0 Å². The first-order valence-electron chi connectivity index (χ1n) is 5.89. The smallest absolute Gasteiger partial charge is 0.410 e. The third-order valence-corrected chi connectivity index (χ3v) is 2.61. The summed E-state index contributed by atoms with van der Waals surface area (Å²) >= 11 is 0. The Bertz CT molecular complexity index is 295. The molecule has 98 valence electrons. The van der Waals surface area contributed by atoms with Crippen molar-refractivity contribution in [2.45, 2.75) is 39.2 Å². The lowest BCUT2D eigenvalue weighted by atomic mass is 9.99. The number of ether oxygens (including phenoxy) is 2. The van der Waals surface area contributed by atoms with Crippen LogP contribution in [0.1, 0.15) is 33.6 Å². The van der Waals surface area contributed by atoms with Crippen molar-refractivity contribution in [1.82, 2.24) is 4.90 Å². The quantitative estimate of drug-likeness (QED) is 0.659. The van der Waals surface area contributed by atoms with Crippen molar-refractivity contribution < 1.29 is 19.1 Å². The fourth-order valence-electron chi connectivity index (χ4n) is 1.83. The topological polar surface area (TPSA) is 55.8 Å². The summed E-state index contributed by atoms with van der Waals surface area (Å²) in [5.74, 6) is -0.473. The zero-order valence-electron chi connectivity index (χ0n) is 11.0. The molecule has 1 amide bonds. The zero-order valence-corrected chi connectivity index (χ0v) is 11.0. The lowest BCUT2D eigenvalue weighted by Crippen LogP contribution is -2.44. The fraction of sp³-hybridized carbons (Fsp3) is 0.833. The molecule has 0 radical (unpaired) electrons. The summed E-state index contributed by atoms with van der Waals surface area (Å²) in [6.07, 6.45) is 1.22. The number of carbonyl (C=O) groups is 2. The monoisotopic (exact) mass is 243 g/mol. The van der Waals surface area contributed by atoms with Gasteiger partial charge in [-0.2, -0.15) is 0 Å². The molecule has 0 aromatic heterocycles. The van der Waals surface area contributed by atoms with E-state index in [0.29, 0.717) is 13.1 Å². The number of rotatable bonds is 1. The maximum atomic E-state index is 11.8. The number of likely N-dealkylation sites (tertiary alicyclic amines) is 1. The Hall–Kier alpha value is -1.26. The van der Waals surface area contributed by atoms with Crippen LogP contribution in [-0.4, -0.2) is 42.8 Å². The molecule has 0 aromatic carbocycles. The Kier molecular flexibility index (Phi) is 4.37. The van der Waals surface area contributed by atoms with E-state index in [9.17, 15) is 9.59 Å². The van der Waals surface area contributed by atoms with Crippen LogP contribution in [0.3, 0.4) is 0 Å². The average Bonchev–Trinajstić information content (AvgIpc) is 2.26. The summed E-state index contributed by atoms with van der Waals surface area (Å²) in [6.45, 7) is 6.51. The Morgan fingerprint density at radius 1 is 1.29 bits per heavy atom. The average molecular weight is 243 g/mol. The Balaban J connectivity index is 2.55. The van der Waals surface area contributed by atoms with Crippen molar-refractivity contribution >= 4 is 12.1 Å². The van der Waals surface area contributed by atoms with Crippen LogP contribution in [-0.2, 0) is 14.3 Å². The van der Waals surface area contributed by atoms with E-state index in [-0.39, 0.29) is 18.0 Å². The predicted molar refractivity (Wildman–Crippen MR) is 62.5 cm³/mol. The molecule has 5 nitrogen and oxygen atoms in total. The van der Waals surface area contributed by atoms with E-state index >= 15 is 0 Å². The highest BCUT2D eigenvalue weighted by Gasteiger charge is 2.31. The molecular formula is C12H21NO4. The molecule has 0 spiro atoms. The van der Waals surface area contributed by atoms with Gasteiger partial charge in [0.05, 0.1) is 13.0 Å². The van der Waals surface area contributed by atoms with Gasteiger partial charge in [-0.1, -0.05) is 0 Å². The van der Waals surface area contributed by atoms with Gasteiger partial charge in [0.2, 0.25) is 0 Å². The van der Waals surface area contributed by atoms with Crippen molar-refractivity contribution in [1.29, 1.82) is 0 Å². The largest absolute Gasteiger partial charge is 0.469 e. The second-order valence-electron chi connectivity index (χ2n) is 5.29. The maximum Gasteiger partial charge on any atom is 0.410 e. The van der Waals surface area contributed by atoms with Crippen molar-refractivity contribution in [3.63, 3.8) is 0 Å². The van der Waals surface area contributed by atoms with E-state index in [0.717, 1.165) is 12.8 Å². The molecule has 1 atom stereocenters. The molecule has 1 saturated heterocycles. The minimum absolute atomic E-state index is 0.221. The van der Waals surface area contributed by atoms with Gasteiger partial charge in [-0.25, -0.2) is 4.79 Å². The van der Waals surface area contributed by atoms with Crippen LogP contribution in [0, 0.1) is 5.92 Å². The molecule has 5 heteroatoms. The standard InChI is InChI=1S/C12H21NO4/c1-12(2,3)17-11(15)13-7-5-6-9(8-13)10(14)16-4/h9H,5-8H2,1-4H3/t9-/m1/s1. The molecule has 0 aromatic rings. The van der Waals surface area contributed by atoms with Crippen LogP contribution in [0.4, 0.5) is 4.79 Å². The van der Waals surface area contributed by atoms with E-state index in [1.54, 1.807) is 4.90 Å². The molecule has 1 rings (SSSR count). The van der Waals surface area contributed by atoms with Gasteiger partial charge >= 0.3 is 12.1 Å². The molecule has 0 bridgehead atoms. The van der Waals surface area contributed by atoms with Crippen LogP contribution in [0.2, 0.25) is 0 Å². The van der Waals surface area contributed by atoms with Crippen LogP contribution in [0.15, 0.2) is 0 Å². The van der Waals surface area contributed by atoms with E-state index in [2.05, 4.69) is 0 Å². The van der Waals surface area contributed by atoms with Crippen molar-refractivity contribution in [3.05, 3.63) is 0 Å². The summed E-state index contributed by atoms with van der Waals surface area (Å²) in [7, 11) is 1.37. The number of hydrogen-bond acceptors (Lipinski definition) is 4. The summed E-state index contributed by atoms with van der Waals surface area (Å²) < 4.78 is 9.97. The second kappa shape index (κ2) is 5.38. The van der Waals surface area contributed by atoms with Gasteiger partial charge in [0, 0.05) is 13.1 Å². The first kappa shape index (κ1) is 13.8. The SMILES string of the molecule is COC(=O)[C@@H]1CCCN(C(=O)OC(C)(C)C)C1. The Morgan fingerprint density at radius 2 is 1.94 bits per heavy atom. The number of methoxy groups -OCH3 is 1. The molecule has 0 N–H and O–H groups in total. The van der Waals surface area contributed by atoms with Gasteiger partial charge in [0.1, 0.15) is 5.60 Å². The number of carbonyl (C=O) groups excluding carboxylic acids is 2. The summed E-state index contributed by atoms with van der Waals surface area (Å²) in [4.78, 5) is 24.8. The summed E-state index contributed by atoms with van der Waals surface area (Å²) in [6, 6.07) is 0. The number of amides is 1. The molecule has 0 aliphatic carbocycles. The highest BCUT2D eigenvalue weighted by molar-refractivity contribution is 5.74. The molecule has 1 fully saturated rings. The van der Waals surface area contributed by atoms with Gasteiger partial charge in [-0.3, -0.25) is 4.79 Å². The first-order chi connectivity index (χ1) is 7.83. The zero-order chi connectivity index (χ0) is 13.1. The molecule has 1 aliphatic heterocycles. The van der Waals surface area contributed by atoms with E-state index in [4.69, 9.17) is 9.47 Å². The lowest BCUT2D eigenvalue weighted by Gasteiger charge is -2.32. The highest BCUT2D eigenvalue weighted by atomic mass is 16.6. The van der Waals surface area contributed by atoms with Gasteiger partial charge in [-0.05, 0) is 33.6 Å². The molecule has 0 unspecified atom stereocenters. The molecule has 0 saturated carbocycles. The van der Waals surface area contributed by atoms with E-state index < -0.39 is 5.60 Å². The van der Waals surface area contributed by atoms with Crippen LogP contribution < -0.4 is 0 Å². The third-order valence-electron chi connectivity index (χ3n) is 2.61. The minimum Gasteiger partial charge on any atom is -0.469 e. The van der Waals surface area contributed by atoms with Crippen LogP contribution in [0.25, 0.3) is 0 Å². The van der Waals surface area contributed by atoms with Gasteiger partial charge in [0.25, 0.3) is 0 Å². The van der Waals surface area contributed by atoms with Crippen molar-refractivity contribution in [2.75, 3.05) is 20.2 Å². The van der Waals surface area contributed by atoms with E-state index in [1.807, 2.05) is 20.8 Å². The van der Waals surface area contributed by atoms with Gasteiger partial charge < -0.3 is 14.4 Å². The van der Waals surface area contributed by atoms with Gasteiger partial charge in [0.15, 0.2) is 0 Å². The summed E-state index contributed by atoms with van der Waals surface area (Å²) in [5, 5.41) is 0. The van der Waals surface area contributed by atoms with Crippen LogP contribution >= 0.6 is 0 Å². The second-order valence-corrected chi connectivity index (χ2v) is 5.29. The third kappa shape index (κ3) is 4.24. The highest BCUT2D eigenvalue weighted by Crippen LogP contribution is 2.20. The molecule has 17 heavy (non-hydrogen) atoms. The lowest BCUT2D eigenvalue weighted by molar-refractivity contribution is -0.147. The van der Waals surface area contributed by atoms with Crippen molar-refractivity contribution in [2.24, 2.45) is 5.92 Å². The summed E-state index contributed by atoms with van der Waals surface area (Å²) in [5.41, 5.74) is -0.505. The normalized spacial score (nSPS) is 20.9. The molecular weight excluding hydrogens is 222 g/mol. The van der Waals surface area contributed by atoms with Crippen LogP contribution in [0.5, 0.6) is 0 Å². The van der Waals surface area contributed by atoms with Gasteiger partial charge in [-0.15, -0.1) is 0 Å².